The van der Waals surface area contributed by atoms with E-state index in [9.17, 15) is 14.7 Å². The highest BCUT2D eigenvalue weighted by atomic mass is 32.1. The molecule has 0 bridgehead atoms. The number of amides is 1. The molecule has 2 atom stereocenters. The zero-order valence-electron chi connectivity index (χ0n) is 14.7. The monoisotopic (exact) mass is 380 g/mol. The lowest BCUT2D eigenvalue weighted by molar-refractivity contribution is -0.147. The van der Waals surface area contributed by atoms with E-state index in [1.165, 1.54) is 16.7 Å². The molecule has 0 aliphatic heterocycles. The molecule has 3 aromatic rings. The van der Waals surface area contributed by atoms with Gasteiger partial charge in [0.2, 0.25) is 5.91 Å². The van der Waals surface area contributed by atoms with Crippen LogP contribution >= 0.6 is 11.3 Å². The van der Waals surface area contributed by atoms with Crippen LogP contribution in [0, 0.1) is 11.8 Å². The van der Waals surface area contributed by atoms with E-state index in [1.807, 2.05) is 23.6 Å². The Morgan fingerprint density at radius 3 is 2.56 bits per heavy atom. The number of nitrogens with one attached hydrogen (secondary N) is 1. The molecule has 27 heavy (non-hydrogen) atoms. The first kappa shape index (κ1) is 17.7. The minimum atomic E-state index is -0.883. The van der Waals surface area contributed by atoms with Gasteiger partial charge in [-0.2, -0.15) is 0 Å². The fourth-order valence-corrected chi connectivity index (χ4v) is 4.47. The predicted octanol–water partition coefficient (Wildman–Crippen LogP) is 4.79. The second-order valence-electron chi connectivity index (χ2n) is 6.92. The van der Waals surface area contributed by atoms with Gasteiger partial charge in [0.1, 0.15) is 0 Å². The van der Waals surface area contributed by atoms with Gasteiger partial charge in [-0.3, -0.25) is 9.59 Å². The molecule has 1 heterocycles. The molecule has 1 fully saturated rings. The molecule has 1 amide bonds. The fourth-order valence-electron chi connectivity index (χ4n) is 3.75. The normalized spacial score (nSPS) is 19.7. The first-order chi connectivity index (χ1) is 13.1. The van der Waals surface area contributed by atoms with Gasteiger partial charge in [0.15, 0.2) is 5.13 Å². The van der Waals surface area contributed by atoms with Crippen molar-refractivity contribution in [2.45, 2.75) is 25.7 Å². The van der Waals surface area contributed by atoms with E-state index in [2.05, 4.69) is 34.6 Å². The van der Waals surface area contributed by atoms with Crippen molar-refractivity contribution in [2.75, 3.05) is 5.32 Å². The molecule has 0 radical (unpaired) electrons. The summed E-state index contributed by atoms with van der Waals surface area (Å²) in [5.41, 5.74) is 1.80. The average Bonchev–Trinajstić information content (AvgIpc) is 3.16. The molecule has 1 aliphatic carbocycles. The minimum Gasteiger partial charge on any atom is -0.481 e. The van der Waals surface area contributed by atoms with Crippen molar-refractivity contribution in [3.05, 3.63) is 47.8 Å². The minimum absolute atomic E-state index is 0.235. The number of carboxylic acids is 1. The van der Waals surface area contributed by atoms with E-state index < -0.39 is 17.8 Å². The molecule has 1 aromatic heterocycles. The lowest BCUT2D eigenvalue weighted by atomic mass is 9.79. The Labute approximate surface area is 161 Å². The van der Waals surface area contributed by atoms with Crippen LogP contribution in [0.4, 0.5) is 5.13 Å². The molecule has 0 unspecified atom stereocenters. The topological polar surface area (TPSA) is 79.3 Å². The van der Waals surface area contributed by atoms with Crippen LogP contribution in [0.1, 0.15) is 25.7 Å². The fraction of sp³-hybridized carbons (Fsp3) is 0.286. The van der Waals surface area contributed by atoms with Crippen molar-refractivity contribution in [3.63, 3.8) is 0 Å². The standard InChI is InChI=1S/C21H20N2O3S/c24-19(16-7-3-4-8-17(16)20(25)26)23-21-22-18(12-27-21)15-10-9-13-5-1-2-6-14(13)11-15/h1-2,5-6,9-12,16-17H,3-4,7-8H2,(H,25,26)(H,22,23,24)/t16-,17+/m1/s1. The number of hydrogen-bond acceptors (Lipinski definition) is 4. The van der Waals surface area contributed by atoms with Crippen LogP contribution in [0.25, 0.3) is 22.0 Å². The van der Waals surface area contributed by atoms with Crippen molar-refractivity contribution < 1.29 is 14.7 Å². The number of nitrogens with zero attached hydrogens (tertiary/aromatic N) is 1. The Balaban J connectivity index is 1.51. The van der Waals surface area contributed by atoms with E-state index in [1.54, 1.807) is 0 Å². The quantitative estimate of drug-likeness (QED) is 0.682. The molecule has 4 rings (SSSR count). The van der Waals surface area contributed by atoms with Crippen LogP contribution in [0.2, 0.25) is 0 Å². The Hall–Kier alpha value is -2.73. The van der Waals surface area contributed by atoms with Crippen LogP contribution in [0.5, 0.6) is 0 Å². The van der Waals surface area contributed by atoms with Gasteiger partial charge in [-0.1, -0.05) is 49.2 Å². The summed E-state index contributed by atoms with van der Waals surface area (Å²) in [7, 11) is 0. The van der Waals surface area contributed by atoms with Crippen LogP contribution in [0.15, 0.2) is 47.8 Å². The number of rotatable bonds is 4. The number of carbonyl (C=O) groups is 2. The second kappa shape index (κ2) is 7.48. The molecule has 2 N–H and O–H groups in total. The summed E-state index contributed by atoms with van der Waals surface area (Å²) in [5, 5.41) is 16.9. The zero-order valence-corrected chi connectivity index (χ0v) is 15.5. The van der Waals surface area contributed by atoms with Crippen LogP contribution < -0.4 is 5.32 Å². The molecule has 0 saturated heterocycles. The lowest BCUT2D eigenvalue weighted by Gasteiger charge is -2.26. The molecule has 2 aromatic carbocycles. The number of thiazole rings is 1. The van der Waals surface area contributed by atoms with Crippen LogP contribution in [-0.2, 0) is 9.59 Å². The summed E-state index contributed by atoms with van der Waals surface area (Å²) in [4.78, 5) is 28.6. The molecule has 0 spiro atoms. The van der Waals surface area contributed by atoms with Gasteiger partial charge < -0.3 is 10.4 Å². The Morgan fingerprint density at radius 1 is 1.04 bits per heavy atom. The van der Waals surface area contributed by atoms with Gasteiger partial charge in [-0.25, -0.2) is 4.98 Å². The number of aliphatic carboxylic acids is 1. The van der Waals surface area contributed by atoms with Gasteiger partial charge in [0, 0.05) is 10.9 Å². The van der Waals surface area contributed by atoms with Crippen molar-refractivity contribution in [3.8, 4) is 11.3 Å². The van der Waals surface area contributed by atoms with E-state index in [4.69, 9.17) is 0 Å². The Morgan fingerprint density at radius 2 is 1.78 bits per heavy atom. The van der Waals surface area contributed by atoms with Gasteiger partial charge >= 0.3 is 5.97 Å². The van der Waals surface area contributed by atoms with Gasteiger partial charge in [-0.15, -0.1) is 11.3 Å². The molecule has 138 valence electrons. The van der Waals surface area contributed by atoms with Crippen LogP contribution in [0.3, 0.4) is 0 Å². The third-order valence-corrected chi connectivity index (χ3v) is 5.96. The van der Waals surface area contributed by atoms with Gasteiger partial charge in [-0.05, 0) is 29.7 Å². The number of carbonyl (C=O) groups excluding carboxylic acids is 1. The molecule has 6 heteroatoms. The number of anilines is 1. The van der Waals surface area contributed by atoms with Crippen molar-refractivity contribution in [1.82, 2.24) is 4.98 Å². The summed E-state index contributed by atoms with van der Waals surface area (Å²) in [6.45, 7) is 0. The highest BCUT2D eigenvalue weighted by Gasteiger charge is 2.35. The predicted molar refractivity (Wildman–Crippen MR) is 107 cm³/mol. The highest BCUT2D eigenvalue weighted by molar-refractivity contribution is 7.14. The summed E-state index contributed by atoms with van der Waals surface area (Å²) in [5.74, 6) is -2.20. The Bertz CT molecular complexity index is 998. The number of fused-ring (bicyclic) bond motifs is 1. The molecule has 1 aliphatic rings. The lowest BCUT2D eigenvalue weighted by Crippen LogP contribution is -2.36. The number of carboxylic acid groups (broad SMARTS) is 1. The second-order valence-corrected chi connectivity index (χ2v) is 7.78. The third kappa shape index (κ3) is 3.71. The maximum Gasteiger partial charge on any atom is 0.307 e. The van der Waals surface area contributed by atoms with E-state index in [-0.39, 0.29) is 5.91 Å². The molecule has 1 saturated carbocycles. The molecular formula is C21H20N2O3S. The summed E-state index contributed by atoms with van der Waals surface area (Å²) >= 11 is 1.36. The first-order valence-corrected chi connectivity index (χ1v) is 9.98. The molecular weight excluding hydrogens is 360 g/mol. The van der Waals surface area contributed by atoms with Gasteiger partial charge in [0.25, 0.3) is 0 Å². The summed E-state index contributed by atoms with van der Waals surface area (Å²) in [6.07, 6.45) is 2.94. The summed E-state index contributed by atoms with van der Waals surface area (Å²) in [6, 6.07) is 14.3. The van der Waals surface area contributed by atoms with Crippen molar-refractivity contribution >= 4 is 39.1 Å². The van der Waals surface area contributed by atoms with Crippen LogP contribution in [-0.4, -0.2) is 22.0 Å². The maximum atomic E-state index is 12.6. The maximum absolute atomic E-state index is 12.6. The third-order valence-electron chi connectivity index (χ3n) is 5.20. The zero-order chi connectivity index (χ0) is 18.8. The molecule has 5 nitrogen and oxygen atoms in total. The van der Waals surface area contributed by atoms with E-state index in [0.29, 0.717) is 18.0 Å². The Kier molecular flexibility index (Phi) is 4.90. The summed E-state index contributed by atoms with van der Waals surface area (Å²) < 4.78 is 0. The number of hydrogen-bond donors (Lipinski definition) is 2. The smallest absolute Gasteiger partial charge is 0.307 e. The average molecular weight is 380 g/mol. The van der Waals surface area contributed by atoms with E-state index in [0.717, 1.165) is 29.5 Å². The van der Waals surface area contributed by atoms with Gasteiger partial charge in [0.05, 0.1) is 17.5 Å². The van der Waals surface area contributed by atoms with E-state index >= 15 is 0 Å². The first-order valence-electron chi connectivity index (χ1n) is 9.10. The van der Waals surface area contributed by atoms with Crippen molar-refractivity contribution in [2.24, 2.45) is 11.8 Å². The number of benzene rings is 2. The van der Waals surface area contributed by atoms with Crippen molar-refractivity contribution in [1.29, 1.82) is 0 Å². The number of aromatic nitrogens is 1. The SMILES string of the molecule is O=C(O)[C@H]1CCCC[C@H]1C(=O)Nc1nc(-c2ccc3ccccc3c2)cs1. The highest BCUT2D eigenvalue weighted by Crippen LogP contribution is 2.32. The largest absolute Gasteiger partial charge is 0.481 e.